The highest BCUT2D eigenvalue weighted by atomic mass is 16.5. The van der Waals surface area contributed by atoms with Crippen LogP contribution in [-0.4, -0.2) is 61.9 Å². The van der Waals surface area contributed by atoms with Crippen LogP contribution in [0.4, 0.5) is 0 Å². The number of likely N-dealkylation sites (N-methyl/N-ethyl adjacent to an activating group) is 1. The lowest BCUT2D eigenvalue weighted by Gasteiger charge is -2.29. The van der Waals surface area contributed by atoms with Gasteiger partial charge in [0.15, 0.2) is 6.10 Å². The molecule has 6 nitrogen and oxygen atoms in total. The van der Waals surface area contributed by atoms with Crippen molar-refractivity contribution in [2.75, 3.05) is 34.3 Å². The molecule has 0 radical (unpaired) electrons. The molecule has 0 heterocycles. The van der Waals surface area contributed by atoms with E-state index in [1.807, 2.05) is 27.2 Å². The van der Waals surface area contributed by atoms with Crippen LogP contribution in [0, 0.1) is 0 Å². The third-order valence-electron chi connectivity index (χ3n) is 4.71. The van der Waals surface area contributed by atoms with Crippen molar-refractivity contribution in [2.45, 2.75) is 89.6 Å². The van der Waals surface area contributed by atoms with Crippen LogP contribution in [-0.2, 0) is 14.3 Å². The number of esters is 1. The molecule has 0 aliphatic heterocycles. The summed E-state index contributed by atoms with van der Waals surface area (Å²) in [4.78, 5) is 22.7. The number of aliphatic hydroxyl groups is 1. The van der Waals surface area contributed by atoms with E-state index in [0.717, 1.165) is 32.1 Å². The summed E-state index contributed by atoms with van der Waals surface area (Å²) in [5.41, 5.74) is 0. The van der Waals surface area contributed by atoms with E-state index in [4.69, 9.17) is 9.84 Å². The predicted molar refractivity (Wildman–Crippen MR) is 114 cm³/mol. The van der Waals surface area contributed by atoms with Gasteiger partial charge in [0, 0.05) is 25.1 Å². The van der Waals surface area contributed by atoms with Gasteiger partial charge >= 0.3 is 5.97 Å². The molecule has 0 aromatic carbocycles. The lowest BCUT2D eigenvalue weighted by Crippen LogP contribution is -2.45. The molecule has 0 spiro atoms. The Balaban J connectivity index is 3.72. The average Bonchev–Trinajstić information content (AvgIpc) is 2.60. The van der Waals surface area contributed by atoms with Gasteiger partial charge in [0.1, 0.15) is 6.54 Å². The van der Waals surface area contributed by atoms with E-state index in [0.29, 0.717) is 17.6 Å². The molecule has 6 heteroatoms. The fraction of sp³-hybridized carbons (Fsp3) is 0.826. The molecule has 0 rings (SSSR count). The zero-order valence-corrected chi connectivity index (χ0v) is 18.9. The number of rotatable bonds is 19. The Hall–Kier alpha value is -1.40. The number of carbonyl (C=O) groups is 2. The molecule has 0 aromatic heterocycles. The normalized spacial score (nSPS) is 13.0. The molecule has 170 valence electrons. The molecule has 0 unspecified atom stereocenters. The fourth-order valence-corrected chi connectivity index (χ4v) is 3.29. The number of allylic oxidation sites excluding steroid dienone is 1. The summed E-state index contributed by atoms with van der Waals surface area (Å²) in [5.74, 6) is -1.69. The maximum atomic E-state index is 11.9. The Bertz CT molecular complexity index is 457. The van der Waals surface area contributed by atoms with Crippen LogP contribution in [0.3, 0.4) is 0 Å². The zero-order valence-electron chi connectivity index (χ0n) is 18.9. The summed E-state index contributed by atoms with van der Waals surface area (Å²) in [5, 5.41) is 19.6. The summed E-state index contributed by atoms with van der Waals surface area (Å²) >= 11 is 0. The quantitative estimate of drug-likeness (QED) is 0.152. The molecule has 0 fully saturated rings. The molecule has 0 amide bonds. The Morgan fingerprint density at radius 2 is 1.38 bits per heavy atom. The molecule has 1 N–H and O–H groups in total. The van der Waals surface area contributed by atoms with Crippen molar-refractivity contribution in [3.05, 3.63) is 12.2 Å². The maximum absolute atomic E-state index is 11.9. The van der Waals surface area contributed by atoms with E-state index in [-0.39, 0.29) is 6.42 Å². The summed E-state index contributed by atoms with van der Waals surface area (Å²) in [7, 11) is 5.77. The van der Waals surface area contributed by atoms with Crippen LogP contribution in [0.25, 0.3) is 0 Å². The van der Waals surface area contributed by atoms with Crippen LogP contribution in [0.1, 0.15) is 83.5 Å². The Morgan fingerprint density at radius 3 is 1.83 bits per heavy atom. The van der Waals surface area contributed by atoms with Crippen molar-refractivity contribution in [3.8, 4) is 0 Å². The maximum Gasteiger partial charge on any atom is 0.330 e. The van der Waals surface area contributed by atoms with E-state index in [2.05, 4.69) is 0 Å². The van der Waals surface area contributed by atoms with E-state index >= 15 is 0 Å². The Labute approximate surface area is 177 Å². The highest BCUT2D eigenvalue weighted by Crippen LogP contribution is 2.12. The number of carboxylic acids is 1. The molecule has 0 aromatic rings. The molecular formula is C23H43NO5. The lowest BCUT2D eigenvalue weighted by atomic mass is 10.1. The highest BCUT2D eigenvalue weighted by Gasteiger charge is 2.21. The minimum Gasteiger partial charge on any atom is -0.550 e. The van der Waals surface area contributed by atoms with E-state index in [1.165, 1.54) is 51.0 Å². The monoisotopic (exact) mass is 413 g/mol. The number of aliphatic carboxylic acids is 1. The second kappa shape index (κ2) is 17.5. The van der Waals surface area contributed by atoms with Crippen molar-refractivity contribution in [1.82, 2.24) is 0 Å². The van der Waals surface area contributed by atoms with Gasteiger partial charge in [-0.05, 0) is 19.3 Å². The van der Waals surface area contributed by atoms with Gasteiger partial charge in [0.2, 0.25) is 0 Å². The minimum atomic E-state index is -1.21. The summed E-state index contributed by atoms with van der Waals surface area (Å²) in [6.07, 6.45) is 16.3. The highest BCUT2D eigenvalue weighted by molar-refractivity contribution is 5.82. The molecule has 29 heavy (non-hydrogen) atoms. The minimum absolute atomic E-state index is 0.280. The first-order valence-corrected chi connectivity index (χ1v) is 11.2. The molecule has 0 aliphatic carbocycles. The first-order valence-electron chi connectivity index (χ1n) is 11.2. The zero-order chi connectivity index (χ0) is 22.0. The number of nitrogens with zero attached hydrogens (tertiary/aromatic N) is 1. The SMILES string of the molecule is C[N+](C)(C)C[C@@H](CC(=O)[O-])OC(=O)C=CCCCCCCCCCCCCCO. The number of carbonyl (C=O) groups excluding carboxylic acids is 2. The first kappa shape index (κ1) is 27.6. The predicted octanol–water partition coefficient (Wildman–Crippen LogP) is 2.97. The Morgan fingerprint density at radius 1 is 0.897 bits per heavy atom. The number of quaternary nitrogens is 1. The van der Waals surface area contributed by atoms with Crippen LogP contribution >= 0.6 is 0 Å². The third-order valence-corrected chi connectivity index (χ3v) is 4.71. The van der Waals surface area contributed by atoms with Crippen molar-refractivity contribution >= 4 is 11.9 Å². The van der Waals surface area contributed by atoms with Gasteiger partial charge in [-0.25, -0.2) is 4.79 Å². The number of unbranched alkanes of at least 4 members (excludes halogenated alkanes) is 11. The second-order valence-electron chi connectivity index (χ2n) is 8.91. The summed E-state index contributed by atoms with van der Waals surface area (Å²) in [6, 6.07) is 0. The van der Waals surface area contributed by atoms with Gasteiger partial charge in [0.05, 0.1) is 21.1 Å². The van der Waals surface area contributed by atoms with Crippen LogP contribution < -0.4 is 5.11 Å². The smallest absolute Gasteiger partial charge is 0.330 e. The van der Waals surface area contributed by atoms with Crippen molar-refractivity contribution in [1.29, 1.82) is 0 Å². The fourth-order valence-electron chi connectivity index (χ4n) is 3.29. The average molecular weight is 414 g/mol. The number of carboxylic acid groups (broad SMARTS) is 1. The molecular weight excluding hydrogens is 370 g/mol. The van der Waals surface area contributed by atoms with E-state index < -0.39 is 18.0 Å². The third kappa shape index (κ3) is 21.1. The standard InChI is InChI=1S/C23H43NO5/c1-24(2,3)20-21(19-22(26)27)29-23(28)17-15-13-11-9-7-5-4-6-8-10-12-14-16-18-25/h15,17,21,25H,4-14,16,18-20H2,1-3H3/t21-/m1/s1. The molecule has 1 atom stereocenters. The molecule has 0 aliphatic rings. The number of hydrogen-bond acceptors (Lipinski definition) is 5. The van der Waals surface area contributed by atoms with Gasteiger partial charge in [-0.2, -0.15) is 0 Å². The van der Waals surface area contributed by atoms with Gasteiger partial charge in [-0.1, -0.05) is 63.9 Å². The summed E-state index contributed by atoms with van der Waals surface area (Å²) in [6.45, 7) is 0.742. The van der Waals surface area contributed by atoms with Crippen molar-refractivity contribution < 1.29 is 29.0 Å². The molecule has 0 bridgehead atoms. The Kier molecular flexibility index (Phi) is 16.6. The first-order chi connectivity index (χ1) is 13.7. The van der Waals surface area contributed by atoms with E-state index in [1.54, 1.807) is 0 Å². The van der Waals surface area contributed by atoms with Crippen LogP contribution in [0.15, 0.2) is 12.2 Å². The van der Waals surface area contributed by atoms with Crippen molar-refractivity contribution in [2.24, 2.45) is 0 Å². The lowest BCUT2D eigenvalue weighted by molar-refractivity contribution is -0.873. The van der Waals surface area contributed by atoms with Gasteiger partial charge in [0.25, 0.3) is 0 Å². The molecule has 0 saturated heterocycles. The van der Waals surface area contributed by atoms with Crippen molar-refractivity contribution in [3.63, 3.8) is 0 Å². The number of hydrogen-bond donors (Lipinski definition) is 1. The van der Waals surface area contributed by atoms with Gasteiger partial charge < -0.3 is 24.2 Å². The topological polar surface area (TPSA) is 86.7 Å². The molecule has 0 saturated carbocycles. The van der Waals surface area contributed by atoms with Crippen LogP contribution in [0.5, 0.6) is 0 Å². The number of ether oxygens (including phenoxy) is 1. The van der Waals surface area contributed by atoms with Crippen LogP contribution in [0.2, 0.25) is 0 Å². The van der Waals surface area contributed by atoms with Gasteiger partial charge in [-0.15, -0.1) is 0 Å². The van der Waals surface area contributed by atoms with Gasteiger partial charge in [-0.3, -0.25) is 0 Å². The largest absolute Gasteiger partial charge is 0.550 e. The number of aliphatic hydroxyl groups excluding tert-OH is 1. The summed E-state index contributed by atoms with van der Waals surface area (Å²) < 4.78 is 5.79. The van der Waals surface area contributed by atoms with E-state index in [9.17, 15) is 14.7 Å². The second-order valence-corrected chi connectivity index (χ2v) is 8.91.